The Morgan fingerprint density at radius 3 is 2.91 bits per heavy atom. The molecule has 3 rings (SSSR count). The first-order valence-electron chi connectivity index (χ1n) is 8.17. The minimum atomic E-state index is 0.0447. The summed E-state index contributed by atoms with van der Waals surface area (Å²) in [6, 6.07) is 8.62. The monoisotopic (exact) mass is 328 g/mol. The second kappa shape index (κ2) is 6.85. The number of rotatable bonds is 4. The molecular weight excluding hydrogens is 304 g/mol. The molecule has 0 radical (unpaired) electrons. The molecule has 0 aliphatic carbocycles. The topological polar surface area (TPSA) is 32.3 Å². The Morgan fingerprint density at radius 2 is 2.13 bits per heavy atom. The number of fused-ring (bicyclic) bond motifs is 1. The van der Waals surface area contributed by atoms with Crippen LogP contribution in [0.2, 0.25) is 0 Å². The largest absolute Gasteiger partial charge is 0.348 e. The summed E-state index contributed by atoms with van der Waals surface area (Å²) in [6.45, 7) is 8.61. The van der Waals surface area contributed by atoms with Crippen molar-refractivity contribution in [3.8, 4) is 0 Å². The van der Waals surface area contributed by atoms with E-state index in [1.807, 2.05) is 11.3 Å². The van der Waals surface area contributed by atoms with Crippen LogP contribution in [0.4, 0.5) is 0 Å². The van der Waals surface area contributed by atoms with Gasteiger partial charge in [0.25, 0.3) is 0 Å². The maximum absolute atomic E-state index is 12.3. The molecule has 0 bridgehead atoms. The summed E-state index contributed by atoms with van der Waals surface area (Å²) in [7, 11) is 0. The van der Waals surface area contributed by atoms with Gasteiger partial charge in [-0.3, -0.25) is 9.69 Å². The maximum Gasteiger partial charge on any atom is 0.234 e. The third kappa shape index (κ3) is 3.82. The molecule has 0 spiro atoms. The van der Waals surface area contributed by atoms with Gasteiger partial charge in [0.1, 0.15) is 0 Å². The van der Waals surface area contributed by atoms with Gasteiger partial charge < -0.3 is 5.32 Å². The molecule has 0 saturated heterocycles. The van der Waals surface area contributed by atoms with Crippen molar-refractivity contribution in [1.82, 2.24) is 10.2 Å². The van der Waals surface area contributed by atoms with Gasteiger partial charge in [-0.25, -0.2) is 0 Å². The highest BCUT2D eigenvalue weighted by Crippen LogP contribution is 2.23. The molecule has 4 heteroatoms. The molecular formula is C19H24N2OS. The molecule has 1 aromatic heterocycles. The predicted molar refractivity (Wildman–Crippen MR) is 95.8 cm³/mol. The zero-order valence-corrected chi connectivity index (χ0v) is 14.9. The number of nitrogens with zero attached hydrogens (tertiary/aromatic N) is 1. The van der Waals surface area contributed by atoms with Crippen LogP contribution in [0.5, 0.6) is 0 Å². The van der Waals surface area contributed by atoms with E-state index < -0.39 is 0 Å². The number of aryl methyl sites for hydroxylation is 2. The van der Waals surface area contributed by atoms with Gasteiger partial charge in [-0.05, 0) is 60.9 Å². The molecule has 1 amide bonds. The number of benzene rings is 1. The Kier molecular flexibility index (Phi) is 4.83. The fourth-order valence-electron chi connectivity index (χ4n) is 3.05. The second-order valence-electron chi connectivity index (χ2n) is 6.46. The summed E-state index contributed by atoms with van der Waals surface area (Å²) < 4.78 is 0. The molecule has 1 atom stereocenters. The van der Waals surface area contributed by atoms with E-state index in [0.717, 1.165) is 19.5 Å². The average molecular weight is 328 g/mol. The molecule has 2 heterocycles. The van der Waals surface area contributed by atoms with Crippen molar-refractivity contribution in [2.45, 2.75) is 39.8 Å². The van der Waals surface area contributed by atoms with E-state index in [0.29, 0.717) is 6.54 Å². The highest BCUT2D eigenvalue weighted by molar-refractivity contribution is 7.10. The van der Waals surface area contributed by atoms with Gasteiger partial charge in [0, 0.05) is 18.0 Å². The zero-order valence-electron chi connectivity index (χ0n) is 14.1. The molecule has 2 aromatic rings. The first-order chi connectivity index (χ1) is 11.0. The van der Waals surface area contributed by atoms with Gasteiger partial charge in [-0.15, -0.1) is 11.3 Å². The Balaban J connectivity index is 1.56. The van der Waals surface area contributed by atoms with Crippen molar-refractivity contribution in [1.29, 1.82) is 0 Å². The van der Waals surface area contributed by atoms with E-state index in [4.69, 9.17) is 0 Å². The van der Waals surface area contributed by atoms with Crippen LogP contribution in [0.15, 0.2) is 29.6 Å². The van der Waals surface area contributed by atoms with E-state index in [2.05, 4.69) is 60.6 Å². The van der Waals surface area contributed by atoms with E-state index in [1.165, 1.54) is 27.1 Å². The Morgan fingerprint density at radius 1 is 1.30 bits per heavy atom. The molecule has 3 nitrogen and oxygen atoms in total. The van der Waals surface area contributed by atoms with Gasteiger partial charge in [0.05, 0.1) is 12.6 Å². The lowest BCUT2D eigenvalue weighted by molar-refractivity contribution is -0.123. The molecule has 1 N–H and O–H groups in total. The third-order valence-electron chi connectivity index (χ3n) is 4.66. The summed E-state index contributed by atoms with van der Waals surface area (Å²) >= 11 is 1.83. The molecule has 23 heavy (non-hydrogen) atoms. The SMILES string of the molecule is Cc1ccc([C@@H](C)NC(=O)CN2CCc3sccc3C2)cc1C. The van der Waals surface area contributed by atoms with Crippen LogP contribution in [0.1, 0.15) is 40.1 Å². The second-order valence-corrected chi connectivity index (χ2v) is 7.46. The normalized spacial score (nSPS) is 16.0. The van der Waals surface area contributed by atoms with Gasteiger partial charge in [0.2, 0.25) is 5.91 Å². The molecule has 1 aliphatic rings. The van der Waals surface area contributed by atoms with E-state index in [-0.39, 0.29) is 11.9 Å². The first kappa shape index (κ1) is 16.2. The Hall–Kier alpha value is -1.65. The lowest BCUT2D eigenvalue weighted by atomic mass is 10.0. The number of thiophene rings is 1. The van der Waals surface area contributed by atoms with Crippen LogP contribution in [-0.4, -0.2) is 23.9 Å². The molecule has 0 saturated carbocycles. The summed E-state index contributed by atoms with van der Waals surface area (Å²) in [5.74, 6) is 0.106. The van der Waals surface area contributed by atoms with Crippen molar-refractivity contribution in [3.05, 3.63) is 56.8 Å². The van der Waals surface area contributed by atoms with E-state index in [9.17, 15) is 4.79 Å². The minimum absolute atomic E-state index is 0.0447. The van der Waals surface area contributed by atoms with Crippen LogP contribution in [0.25, 0.3) is 0 Å². The van der Waals surface area contributed by atoms with Gasteiger partial charge in [-0.1, -0.05) is 18.2 Å². The smallest absolute Gasteiger partial charge is 0.234 e. The molecule has 1 aromatic carbocycles. The fraction of sp³-hybridized carbons (Fsp3) is 0.421. The standard InChI is InChI=1S/C19H24N2OS/c1-13-4-5-16(10-14(13)2)15(3)20-19(22)12-21-8-6-18-17(11-21)7-9-23-18/h4-5,7,9-10,15H,6,8,11-12H2,1-3H3,(H,20,22)/t15-/m1/s1. The van der Waals surface area contributed by atoms with Crippen LogP contribution in [0, 0.1) is 13.8 Å². The van der Waals surface area contributed by atoms with Crippen molar-refractivity contribution in [3.63, 3.8) is 0 Å². The molecule has 0 unspecified atom stereocenters. The van der Waals surface area contributed by atoms with E-state index in [1.54, 1.807) is 0 Å². The predicted octanol–water partition coefficient (Wildman–Crippen LogP) is 3.60. The number of nitrogens with one attached hydrogen (secondary N) is 1. The lowest BCUT2D eigenvalue weighted by Gasteiger charge is -2.27. The highest BCUT2D eigenvalue weighted by atomic mass is 32.1. The number of carbonyl (C=O) groups is 1. The average Bonchev–Trinajstić information content (AvgIpc) is 2.97. The number of hydrogen-bond acceptors (Lipinski definition) is 3. The fourth-order valence-corrected chi connectivity index (χ4v) is 3.94. The van der Waals surface area contributed by atoms with Crippen LogP contribution >= 0.6 is 11.3 Å². The molecule has 0 fully saturated rings. The van der Waals surface area contributed by atoms with Crippen molar-refractivity contribution in [2.24, 2.45) is 0 Å². The summed E-state index contributed by atoms with van der Waals surface area (Å²) in [6.07, 6.45) is 1.06. The van der Waals surface area contributed by atoms with Crippen molar-refractivity contribution >= 4 is 17.2 Å². The number of hydrogen-bond donors (Lipinski definition) is 1. The van der Waals surface area contributed by atoms with Crippen LogP contribution in [-0.2, 0) is 17.8 Å². The minimum Gasteiger partial charge on any atom is -0.348 e. The molecule has 1 aliphatic heterocycles. The van der Waals surface area contributed by atoms with Crippen molar-refractivity contribution < 1.29 is 4.79 Å². The number of amides is 1. The Bertz CT molecular complexity index is 707. The summed E-state index contributed by atoms with van der Waals surface area (Å²) in [5, 5.41) is 5.28. The van der Waals surface area contributed by atoms with Gasteiger partial charge in [0.15, 0.2) is 0 Å². The van der Waals surface area contributed by atoms with Gasteiger partial charge >= 0.3 is 0 Å². The number of carbonyl (C=O) groups excluding carboxylic acids is 1. The van der Waals surface area contributed by atoms with Gasteiger partial charge in [-0.2, -0.15) is 0 Å². The summed E-state index contributed by atoms with van der Waals surface area (Å²) in [4.78, 5) is 16.1. The first-order valence-corrected chi connectivity index (χ1v) is 9.05. The van der Waals surface area contributed by atoms with Crippen LogP contribution < -0.4 is 5.32 Å². The zero-order chi connectivity index (χ0) is 16.4. The highest BCUT2D eigenvalue weighted by Gasteiger charge is 2.20. The van der Waals surface area contributed by atoms with Crippen LogP contribution in [0.3, 0.4) is 0 Å². The summed E-state index contributed by atoms with van der Waals surface area (Å²) in [5.41, 5.74) is 5.10. The molecule has 122 valence electrons. The van der Waals surface area contributed by atoms with E-state index >= 15 is 0 Å². The maximum atomic E-state index is 12.3. The van der Waals surface area contributed by atoms with Crippen molar-refractivity contribution in [2.75, 3.05) is 13.1 Å². The quantitative estimate of drug-likeness (QED) is 0.930. The third-order valence-corrected chi connectivity index (χ3v) is 5.69. The lowest BCUT2D eigenvalue weighted by Crippen LogP contribution is -2.40. The Labute approximate surface area is 142 Å².